The van der Waals surface area contributed by atoms with Gasteiger partial charge in [0.1, 0.15) is 0 Å². The van der Waals surface area contributed by atoms with Crippen LogP contribution in [0.25, 0.3) is 0 Å². The molecule has 1 unspecified atom stereocenters. The van der Waals surface area contributed by atoms with E-state index >= 15 is 0 Å². The van der Waals surface area contributed by atoms with Crippen LogP contribution in [0.3, 0.4) is 0 Å². The highest BCUT2D eigenvalue weighted by molar-refractivity contribution is 7.88. The Bertz CT molecular complexity index is 568. The number of piperidine rings is 1. The van der Waals surface area contributed by atoms with Crippen LogP contribution >= 0.6 is 0 Å². The van der Waals surface area contributed by atoms with Crippen LogP contribution in [0.5, 0.6) is 0 Å². The summed E-state index contributed by atoms with van der Waals surface area (Å²) >= 11 is 0. The van der Waals surface area contributed by atoms with Crippen molar-refractivity contribution in [2.24, 2.45) is 0 Å². The maximum atomic E-state index is 11.7. The van der Waals surface area contributed by atoms with Gasteiger partial charge >= 0.3 is 0 Å². The largest absolute Gasteiger partial charge is 0.339 e. The van der Waals surface area contributed by atoms with Gasteiger partial charge in [0.25, 0.3) is 0 Å². The van der Waals surface area contributed by atoms with Crippen molar-refractivity contribution in [2.45, 2.75) is 32.7 Å². The molecule has 0 aromatic carbocycles. The van der Waals surface area contributed by atoms with Crippen molar-refractivity contribution in [3.05, 3.63) is 17.5 Å². The van der Waals surface area contributed by atoms with Crippen LogP contribution in [-0.2, 0) is 10.0 Å². The molecular weight excluding hydrogens is 276 g/mol. The molecule has 0 saturated carbocycles. The van der Waals surface area contributed by atoms with Crippen LogP contribution in [0.1, 0.15) is 24.2 Å². The zero-order valence-electron chi connectivity index (χ0n) is 12.5. The summed E-state index contributed by atoms with van der Waals surface area (Å²) in [4.78, 5) is 11.0. The Morgan fingerprint density at radius 1 is 1.30 bits per heavy atom. The first-order valence-corrected chi connectivity index (χ1v) is 8.62. The van der Waals surface area contributed by atoms with Gasteiger partial charge in [-0.1, -0.05) is 0 Å². The lowest BCUT2D eigenvalue weighted by atomic mass is 10.1. The van der Waals surface area contributed by atoms with E-state index in [4.69, 9.17) is 0 Å². The van der Waals surface area contributed by atoms with E-state index in [0.717, 1.165) is 30.8 Å². The standard InChI is InChI=1S/C13H22N4O2S/c1-10-8-11(2)15-13(14-10)17-7-5-6-12(9-17)16(3)20(4,18)19/h8,12H,5-7,9H2,1-4H3. The molecule has 0 amide bonds. The van der Waals surface area contributed by atoms with Gasteiger partial charge in [0.05, 0.1) is 6.26 Å². The van der Waals surface area contributed by atoms with E-state index in [1.54, 1.807) is 7.05 Å². The van der Waals surface area contributed by atoms with Crippen LogP contribution in [0, 0.1) is 13.8 Å². The number of sulfonamides is 1. The molecule has 6 nitrogen and oxygen atoms in total. The average Bonchev–Trinajstić information content (AvgIpc) is 2.36. The zero-order chi connectivity index (χ0) is 14.9. The predicted molar refractivity (Wildman–Crippen MR) is 79.3 cm³/mol. The Balaban J connectivity index is 2.18. The van der Waals surface area contributed by atoms with Gasteiger partial charge in [0, 0.05) is 37.6 Å². The Labute approximate surface area is 120 Å². The van der Waals surface area contributed by atoms with Crippen LogP contribution in [-0.4, -0.2) is 55.1 Å². The number of likely N-dealkylation sites (N-methyl/N-ethyl adjacent to an activating group) is 1. The zero-order valence-corrected chi connectivity index (χ0v) is 13.3. The number of anilines is 1. The Morgan fingerprint density at radius 2 is 1.90 bits per heavy atom. The quantitative estimate of drug-likeness (QED) is 0.831. The van der Waals surface area contributed by atoms with Crippen molar-refractivity contribution in [3.8, 4) is 0 Å². The summed E-state index contributed by atoms with van der Waals surface area (Å²) in [5.74, 6) is 0.703. The SMILES string of the molecule is Cc1cc(C)nc(N2CCCC(N(C)S(C)(=O)=O)C2)n1. The van der Waals surface area contributed by atoms with Gasteiger partial charge in [-0.25, -0.2) is 22.7 Å². The molecule has 0 spiro atoms. The lowest BCUT2D eigenvalue weighted by molar-refractivity contribution is 0.320. The molecule has 1 aromatic rings. The number of rotatable bonds is 3. The van der Waals surface area contributed by atoms with Gasteiger partial charge < -0.3 is 4.90 Å². The second-order valence-electron chi connectivity index (χ2n) is 5.47. The van der Waals surface area contributed by atoms with E-state index in [9.17, 15) is 8.42 Å². The molecule has 1 aliphatic rings. The summed E-state index contributed by atoms with van der Waals surface area (Å²) in [7, 11) is -1.51. The molecule has 0 bridgehead atoms. The maximum absolute atomic E-state index is 11.7. The highest BCUT2D eigenvalue weighted by Gasteiger charge is 2.29. The smallest absolute Gasteiger partial charge is 0.225 e. The molecular formula is C13H22N4O2S. The molecule has 112 valence electrons. The summed E-state index contributed by atoms with van der Waals surface area (Å²) < 4.78 is 24.8. The summed E-state index contributed by atoms with van der Waals surface area (Å²) in [6, 6.07) is 1.93. The molecule has 1 aromatic heterocycles. The molecule has 1 atom stereocenters. The summed E-state index contributed by atoms with van der Waals surface area (Å²) in [5.41, 5.74) is 1.87. The van der Waals surface area contributed by atoms with Gasteiger partial charge in [-0.2, -0.15) is 0 Å². The first-order valence-electron chi connectivity index (χ1n) is 6.77. The average molecular weight is 298 g/mol. The molecule has 1 fully saturated rings. The van der Waals surface area contributed by atoms with Crippen LogP contribution in [0.2, 0.25) is 0 Å². The first kappa shape index (κ1) is 15.2. The van der Waals surface area contributed by atoms with E-state index in [2.05, 4.69) is 14.9 Å². The van der Waals surface area contributed by atoms with E-state index < -0.39 is 10.0 Å². The molecule has 1 aliphatic heterocycles. The van der Waals surface area contributed by atoms with Gasteiger partial charge in [0.2, 0.25) is 16.0 Å². The summed E-state index contributed by atoms with van der Waals surface area (Å²) in [5, 5.41) is 0. The minimum absolute atomic E-state index is 0.0110. The molecule has 2 rings (SSSR count). The van der Waals surface area contributed by atoms with Gasteiger partial charge in [-0.05, 0) is 32.8 Å². The Kier molecular flexibility index (Phi) is 4.29. The lowest BCUT2D eigenvalue weighted by Crippen LogP contribution is -2.48. The highest BCUT2D eigenvalue weighted by atomic mass is 32.2. The summed E-state index contributed by atoms with van der Waals surface area (Å²) in [6.45, 7) is 5.41. The Hall–Kier alpha value is -1.21. The fourth-order valence-electron chi connectivity index (χ4n) is 2.55. The Morgan fingerprint density at radius 3 is 2.45 bits per heavy atom. The fraction of sp³-hybridized carbons (Fsp3) is 0.692. The van der Waals surface area contributed by atoms with Gasteiger partial charge in [0.15, 0.2) is 0 Å². The van der Waals surface area contributed by atoms with Crippen LogP contribution < -0.4 is 4.90 Å². The van der Waals surface area contributed by atoms with Crippen LogP contribution in [0.15, 0.2) is 6.07 Å². The second kappa shape index (κ2) is 5.65. The first-order chi connectivity index (χ1) is 9.27. The minimum Gasteiger partial charge on any atom is -0.339 e. The van der Waals surface area contributed by atoms with Crippen molar-refractivity contribution in [3.63, 3.8) is 0 Å². The van der Waals surface area contributed by atoms with Crippen molar-refractivity contribution in [2.75, 3.05) is 31.3 Å². The van der Waals surface area contributed by atoms with Crippen molar-refractivity contribution in [1.82, 2.24) is 14.3 Å². The lowest BCUT2D eigenvalue weighted by Gasteiger charge is -2.36. The maximum Gasteiger partial charge on any atom is 0.225 e. The third-order valence-corrected chi connectivity index (χ3v) is 5.03. The molecule has 20 heavy (non-hydrogen) atoms. The molecule has 0 radical (unpaired) electrons. The third kappa shape index (κ3) is 3.46. The van der Waals surface area contributed by atoms with Crippen molar-refractivity contribution in [1.29, 1.82) is 0 Å². The second-order valence-corrected chi connectivity index (χ2v) is 7.51. The van der Waals surface area contributed by atoms with Crippen molar-refractivity contribution < 1.29 is 8.42 Å². The van der Waals surface area contributed by atoms with E-state index in [1.807, 2.05) is 19.9 Å². The topological polar surface area (TPSA) is 66.4 Å². The normalized spacial score (nSPS) is 20.4. The number of nitrogens with zero attached hydrogens (tertiary/aromatic N) is 4. The number of hydrogen-bond acceptors (Lipinski definition) is 5. The van der Waals surface area contributed by atoms with E-state index in [0.29, 0.717) is 12.5 Å². The number of aryl methyl sites for hydroxylation is 2. The molecule has 1 saturated heterocycles. The predicted octanol–water partition coefficient (Wildman–Crippen LogP) is 0.954. The number of aromatic nitrogens is 2. The molecule has 2 heterocycles. The van der Waals surface area contributed by atoms with E-state index in [1.165, 1.54) is 10.6 Å². The fourth-order valence-corrected chi connectivity index (χ4v) is 3.27. The van der Waals surface area contributed by atoms with Gasteiger partial charge in [-0.15, -0.1) is 0 Å². The third-order valence-electron chi connectivity index (χ3n) is 3.69. The molecule has 7 heteroatoms. The monoisotopic (exact) mass is 298 g/mol. The minimum atomic E-state index is -3.16. The van der Waals surface area contributed by atoms with Gasteiger partial charge in [-0.3, -0.25) is 0 Å². The molecule has 0 N–H and O–H groups in total. The molecule has 0 aliphatic carbocycles. The van der Waals surface area contributed by atoms with Crippen LogP contribution in [0.4, 0.5) is 5.95 Å². The van der Waals surface area contributed by atoms with E-state index in [-0.39, 0.29) is 6.04 Å². The summed E-state index contributed by atoms with van der Waals surface area (Å²) in [6.07, 6.45) is 3.07. The highest BCUT2D eigenvalue weighted by Crippen LogP contribution is 2.20. The number of hydrogen-bond donors (Lipinski definition) is 0. The van der Waals surface area contributed by atoms with Crippen molar-refractivity contribution >= 4 is 16.0 Å².